The first-order chi connectivity index (χ1) is 15.2. The zero-order valence-electron chi connectivity index (χ0n) is 17.4. The summed E-state index contributed by atoms with van der Waals surface area (Å²) in [6.45, 7) is 0. The number of hydrogen-bond donors (Lipinski definition) is 1. The zero-order valence-corrected chi connectivity index (χ0v) is 17.4. The van der Waals surface area contributed by atoms with Crippen LogP contribution in [0, 0.1) is 0 Å². The minimum Gasteiger partial charge on any atom is -0.468 e. The Morgan fingerprint density at radius 1 is 0.903 bits per heavy atom. The van der Waals surface area contributed by atoms with Crippen LogP contribution in [0.5, 0.6) is 0 Å². The summed E-state index contributed by atoms with van der Waals surface area (Å²) in [6.07, 6.45) is 4.08. The first kappa shape index (κ1) is 20.6. The van der Waals surface area contributed by atoms with Crippen molar-refractivity contribution in [2.24, 2.45) is 5.73 Å². The Morgan fingerprint density at radius 2 is 1.35 bits per heavy atom. The van der Waals surface area contributed by atoms with Gasteiger partial charge in [0.2, 0.25) is 0 Å². The molecule has 0 saturated heterocycles. The monoisotopic (exact) mass is 411 g/mol. The molecule has 3 aromatic carbocycles. The average Bonchev–Trinajstić information content (AvgIpc) is 3.29. The van der Waals surface area contributed by atoms with Gasteiger partial charge in [-0.05, 0) is 16.7 Å². The fraction of sp³-hybridized carbons (Fsp3) is 0.154. The summed E-state index contributed by atoms with van der Waals surface area (Å²) in [5.74, 6) is -0.449. The second-order valence-corrected chi connectivity index (χ2v) is 7.41. The predicted octanol–water partition coefficient (Wildman–Crippen LogP) is 3.77. The third kappa shape index (κ3) is 3.88. The van der Waals surface area contributed by atoms with Crippen LogP contribution in [-0.4, -0.2) is 28.7 Å². The molecular formula is C26H25N3O2. The summed E-state index contributed by atoms with van der Waals surface area (Å²) in [5, 5.41) is 0. The van der Waals surface area contributed by atoms with Crippen LogP contribution in [0.15, 0.2) is 104 Å². The number of benzene rings is 3. The van der Waals surface area contributed by atoms with Crippen LogP contribution >= 0.6 is 0 Å². The molecule has 1 atom stereocenters. The maximum absolute atomic E-state index is 11.8. The molecule has 0 fully saturated rings. The number of nitrogens with two attached hydrogens (primary N) is 1. The minimum atomic E-state index is -0.757. The number of esters is 1. The van der Waals surface area contributed by atoms with Crippen molar-refractivity contribution in [2.45, 2.75) is 18.0 Å². The maximum Gasteiger partial charge on any atom is 0.323 e. The number of ether oxygens (including phenoxy) is 1. The van der Waals surface area contributed by atoms with Gasteiger partial charge in [0.1, 0.15) is 11.6 Å². The van der Waals surface area contributed by atoms with Gasteiger partial charge < -0.3 is 15.0 Å². The average molecular weight is 412 g/mol. The van der Waals surface area contributed by atoms with E-state index in [0.717, 1.165) is 22.4 Å². The second-order valence-electron chi connectivity index (χ2n) is 7.41. The summed E-state index contributed by atoms with van der Waals surface area (Å²) < 4.78 is 6.87. The van der Waals surface area contributed by atoms with Gasteiger partial charge in [-0.15, -0.1) is 0 Å². The SMILES string of the molecule is COC(=O)[C@H](N)Cc1cn(C(c2ccccc2)(c2ccccc2)c2ccccc2)cn1. The van der Waals surface area contributed by atoms with Crippen LogP contribution in [0.25, 0.3) is 0 Å². The lowest BCUT2D eigenvalue weighted by atomic mass is 9.77. The molecule has 2 N–H and O–H groups in total. The van der Waals surface area contributed by atoms with E-state index in [1.165, 1.54) is 7.11 Å². The molecule has 0 saturated carbocycles. The summed E-state index contributed by atoms with van der Waals surface area (Å²) in [5.41, 5.74) is 9.40. The molecule has 156 valence electrons. The van der Waals surface area contributed by atoms with Crippen molar-refractivity contribution >= 4 is 5.97 Å². The van der Waals surface area contributed by atoms with E-state index in [9.17, 15) is 4.79 Å². The lowest BCUT2D eigenvalue weighted by Gasteiger charge is -2.37. The van der Waals surface area contributed by atoms with Crippen LogP contribution in [0.3, 0.4) is 0 Å². The van der Waals surface area contributed by atoms with Crippen LogP contribution in [-0.2, 0) is 21.5 Å². The van der Waals surface area contributed by atoms with Crippen LogP contribution in [0.1, 0.15) is 22.4 Å². The summed E-state index contributed by atoms with van der Waals surface area (Å²) in [6, 6.07) is 30.3. The standard InChI is InChI=1S/C26H25N3O2/c1-31-25(30)24(27)17-23-18-29(19-28-23)26(20-11-5-2-6-12-20,21-13-7-3-8-14-21)22-15-9-4-10-16-22/h2-16,18-19,24H,17,27H2,1H3/t24-/m1/s1. The first-order valence-corrected chi connectivity index (χ1v) is 10.2. The summed E-state index contributed by atoms with van der Waals surface area (Å²) >= 11 is 0. The van der Waals surface area contributed by atoms with Gasteiger partial charge in [-0.2, -0.15) is 0 Å². The molecule has 31 heavy (non-hydrogen) atoms. The van der Waals surface area contributed by atoms with E-state index >= 15 is 0 Å². The molecule has 5 nitrogen and oxygen atoms in total. The van der Waals surface area contributed by atoms with Crippen molar-refractivity contribution < 1.29 is 9.53 Å². The fourth-order valence-electron chi connectivity index (χ4n) is 4.10. The number of imidazole rings is 1. The fourth-order valence-corrected chi connectivity index (χ4v) is 4.10. The van der Waals surface area contributed by atoms with Crippen molar-refractivity contribution in [1.82, 2.24) is 9.55 Å². The van der Waals surface area contributed by atoms with E-state index in [-0.39, 0.29) is 0 Å². The van der Waals surface area contributed by atoms with Gasteiger partial charge in [-0.1, -0.05) is 91.0 Å². The second kappa shape index (κ2) is 8.98. The number of hydrogen-bond acceptors (Lipinski definition) is 4. The number of nitrogens with zero attached hydrogens (tertiary/aromatic N) is 2. The highest BCUT2D eigenvalue weighted by molar-refractivity contribution is 5.75. The molecule has 0 amide bonds. The smallest absolute Gasteiger partial charge is 0.323 e. The Bertz CT molecular complexity index is 1030. The van der Waals surface area contributed by atoms with Gasteiger partial charge in [0, 0.05) is 12.6 Å². The molecule has 4 aromatic rings. The predicted molar refractivity (Wildman–Crippen MR) is 121 cm³/mol. The van der Waals surface area contributed by atoms with Gasteiger partial charge in [-0.3, -0.25) is 4.79 Å². The quantitative estimate of drug-likeness (QED) is 0.371. The number of methoxy groups -OCH3 is 1. The van der Waals surface area contributed by atoms with Gasteiger partial charge in [-0.25, -0.2) is 4.98 Å². The van der Waals surface area contributed by atoms with E-state index in [2.05, 4.69) is 45.9 Å². The molecule has 0 spiro atoms. The van der Waals surface area contributed by atoms with Crippen LogP contribution < -0.4 is 5.73 Å². The summed E-state index contributed by atoms with van der Waals surface area (Å²) in [7, 11) is 1.34. The topological polar surface area (TPSA) is 70.1 Å². The number of carbonyl (C=O) groups excluding carboxylic acids is 1. The van der Waals surface area contributed by atoms with Gasteiger partial charge in [0.25, 0.3) is 0 Å². The lowest BCUT2D eigenvalue weighted by molar-refractivity contribution is -0.142. The molecule has 1 aromatic heterocycles. The van der Waals surface area contributed by atoms with Gasteiger partial charge >= 0.3 is 5.97 Å². The molecule has 0 unspecified atom stereocenters. The van der Waals surface area contributed by atoms with Gasteiger partial charge in [0.15, 0.2) is 0 Å². The molecule has 4 rings (SSSR count). The van der Waals surface area contributed by atoms with E-state index < -0.39 is 17.6 Å². The normalized spacial score (nSPS) is 12.3. The van der Waals surface area contributed by atoms with Crippen molar-refractivity contribution in [1.29, 1.82) is 0 Å². The highest BCUT2D eigenvalue weighted by Gasteiger charge is 2.38. The maximum atomic E-state index is 11.8. The molecule has 0 aliphatic heterocycles. The van der Waals surface area contributed by atoms with Gasteiger partial charge in [0.05, 0.1) is 19.1 Å². The van der Waals surface area contributed by atoms with E-state index in [0.29, 0.717) is 6.42 Å². The molecular weight excluding hydrogens is 386 g/mol. The number of carbonyl (C=O) groups is 1. The minimum absolute atomic E-state index is 0.300. The Labute approximate surface area is 182 Å². The van der Waals surface area contributed by atoms with E-state index in [1.54, 1.807) is 0 Å². The van der Waals surface area contributed by atoms with Crippen molar-refractivity contribution in [3.05, 3.63) is 126 Å². The Morgan fingerprint density at radius 3 is 1.77 bits per heavy atom. The summed E-state index contributed by atoms with van der Waals surface area (Å²) in [4.78, 5) is 16.4. The van der Waals surface area contributed by atoms with Crippen molar-refractivity contribution in [2.75, 3.05) is 7.11 Å². The number of rotatable bonds is 7. The zero-order chi connectivity index (χ0) is 21.7. The molecule has 0 bridgehead atoms. The number of aromatic nitrogens is 2. The molecule has 1 heterocycles. The molecule has 0 aliphatic rings. The third-order valence-electron chi connectivity index (χ3n) is 5.53. The van der Waals surface area contributed by atoms with Crippen LogP contribution in [0.2, 0.25) is 0 Å². The Kier molecular flexibility index (Phi) is 5.96. The highest BCUT2D eigenvalue weighted by Crippen LogP contribution is 2.40. The van der Waals surface area contributed by atoms with Crippen molar-refractivity contribution in [3.8, 4) is 0 Å². The molecule has 5 heteroatoms. The molecule has 0 radical (unpaired) electrons. The van der Waals surface area contributed by atoms with Crippen molar-refractivity contribution in [3.63, 3.8) is 0 Å². The lowest BCUT2D eigenvalue weighted by Crippen LogP contribution is -2.37. The Hall–Kier alpha value is -3.70. The molecule has 0 aliphatic carbocycles. The largest absolute Gasteiger partial charge is 0.468 e. The highest BCUT2D eigenvalue weighted by atomic mass is 16.5. The van der Waals surface area contributed by atoms with E-state index in [4.69, 9.17) is 10.5 Å². The van der Waals surface area contributed by atoms with Crippen LogP contribution in [0.4, 0.5) is 0 Å². The first-order valence-electron chi connectivity index (χ1n) is 10.2. The third-order valence-corrected chi connectivity index (χ3v) is 5.53. The van der Waals surface area contributed by atoms with E-state index in [1.807, 2.05) is 67.1 Å². The Balaban J connectivity index is 1.93.